The van der Waals surface area contributed by atoms with Gasteiger partial charge in [-0.15, -0.1) is 0 Å². The van der Waals surface area contributed by atoms with Crippen LogP contribution in [0.4, 0.5) is 0 Å². The first kappa shape index (κ1) is 11.4. The van der Waals surface area contributed by atoms with Crippen LogP contribution in [-0.2, 0) is 0 Å². The first-order valence-electron chi connectivity index (χ1n) is 6.94. The third-order valence-corrected chi connectivity index (χ3v) is 4.76. The standard InChI is InChI=1S/C14H26O/c1-2-12-7-9-14(15,10-8-12)11-13-5-3-4-6-13/h12-13,15H,2-11H2,1H3. The molecule has 1 N–H and O–H groups in total. The Bertz CT molecular complexity index is 186. The topological polar surface area (TPSA) is 20.2 Å². The van der Waals surface area contributed by atoms with Crippen molar-refractivity contribution in [3.8, 4) is 0 Å². The van der Waals surface area contributed by atoms with E-state index in [1.165, 1.54) is 44.9 Å². The van der Waals surface area contributed by atoms with E-state index in [1.807, 2.05) is 0 Å². The van der Waals surface area contributed by atoms with Gasteiger partial charge in [0.2, 0.25) is 0 Å². The van der Waals surface area contributed by atoms with Gasteiger partial charge in [0.05, 0.1) is 5.60 Å². The van der Waals surface area contributed by atoms with E-state index in [1.54, 1.807) is 0 Å². The highest BCUT2D eigenvalue weighted by Crippen LogP contribution is 2.40. The van der Waals surface area contributed by atoms with Gasteiger partial charge in [-0.2, -0.15) is 0 Å². The molecule has 1 nitrogen and oxygen atoms in total. The molecule has 0 spiro atoms. The summed E-state index contributed by atoms with van der Waals surface area (Å²) >= 11 is 0. The van der Waals surface area contributed by atoms with Crippen LogP contribution in [-0.4, -0.2) is 10.7 Å². The average molecular weight is 210 g/mol. The third kappa shape index (κ3) is 2.96. The van der Waals surface area contributed by atoms with Crippen molar-refractivity contribution in [1.82, 2.24) is 0 Å². The molecule has 2 rings (SSSR count). The van der Waals surface area contributed by atoms with Crippen LogP contribution < -0.4 is 0 Å². The van der Waals surface area contributed by atoms with E-state index in [0.29, 0.717) is 0 Å². The molecule has 2 fully saturated rings. The van der Waals surface area contributed by atoms with Crippen LogP contribution in [0.5, 0.6) is 0 Å². The maximum absolute atomic E-state index is 10.5. The Morgan fingerprint density at radius 1 is 1.00 bits per heavy atom. The lowest BCUT2D eigenvalue weighted by atomic mass is 9.74. The van der Waals surface area contributed by atoms with E-state index in [9.17, 15) is 5.11 Å². The maximum atomic E-state index is 10.5. The molecule has 0 aromatic carbocycles. The summed E-state index contributed by atoms with van der Waals surface area (Å²) in [5.41, 5.74) is -0.277. The summed E-state index contributed by atoms with van der Waals surface area (Å²) in [6.45, 7) is 2.28. The van der Waals surface area contributed by atoms with Crippen LogP contribution in [0.2, 0.25) is 0 Å². The van der Waals surface area contributed by atoms with Gasteiger partial charge in [0, 0.05) is 0 Å². The molecule has 15 heavy (non-hydrogen) atoms. The van der Waals surface area contributed by atoms with Gasteiger partial charge < -0.3 is 5.11 Å². The lowest BCUT2D eigenvalue weighted by Gasteiger charge is -2.37. The molecule has 0 amide bonds. The molecule has 0 bridgehead atoms. The van der Waals surface area contributed by atoms with E-state index in [0.717, 1.165) is 31.1 Å². The largest absolute Gasteiger partial charge is 0.390 e. The molecular weight excluding hydrogens is 184 g/mol. The van der Waals surface area contributed by atoms with Gasteiger partial charge in [0.1, 0.15) is 0 Å². The molecule has 0 heterocycles. The Hall–Kier alpha value is -0.0400. The van der Waals surface area contributed by atoms with Crippen molar-refractivity contribution in [2.75, 3.05) is 0 Å². The van der Waals surface area contributed by atoms with Gasteiger partial charge in [-0.05, 0) is 43.9 Å². The summed E-state index contributed by atoms with van der Waals surface area (Å²) in [7, 11) is 0. The minimum absolute atomic E-state index is 0.277. The van der Waals surface area contributed by atoms with Crippen LogP contribution in [0.1, 0.15) is 71.1 Å². The molecule has 0 aromatic rings. The van der Waals surface area contributed by atoms with Crippen molar-refractivity contribution in [2.45, 2.75) is 76.7 Å². The van der Waals surface area contributed by atoms with Crippen LogP contribution in [0, 0.1) is 11.8 Å². The van der Waals surface area contributed by atoms with Gasteiger partial charge in [-0.25, -0.2) is 0 Å². The first-order valence-corrected chi connectivity index (χ1v) is 6.94. The Balaban J connectivity index is 1.80. The van der Waals surface area contributed by atoms with Crippen LogP contribution >= 0.6 is 0 Å². The zero-order chi connectivity index (χ0) is 10.7. The second-order valence-corrected chi connectivity index (χ2v) is 5.93. The van der Waals surface area contributed by atoms with Crippen molar-refractivity contribution >= 4 is 0 Å². The minimum Gasteiger partial charge on any atom is -0.390 e. The summed E-state index contributed by atoms with van der Waals surface area (Å²) in [6, 6.07) is 0. The number of aliphatic hydroxyl groups is 1. The Morgan fingerprint density at radius 3 is 2.13 bits per heavy atom. The van der Waals surface area contributed by atoms with Gasteiger partial charge in [-0.3, -0.25) is 0 Å². The zero-order valence-electron chi connectivity index (χ0n) is 10.2. The van der Waals surface area contributed by atoms with Crippen molar-refractivity contribution in [2.24, 2.45) is 11.8 Å². The SMILES string of the molecule is CCC1CCC(O)(CC2CCCC2)CC1. The van der Waals surface area contributed by atoms with Crippen molar-refractivity contribution < 1.29 is 5.11 Å². The van der Waals surface area contributed by atoms with Crippen molar-refractivity contribution in [3.63, 3.8) is 0 Å². The summed E-state index contributed by atoms with van der Waals surface area (Å²) in [6.07, 6.45) is 12.6. The Kier molecular flexibility index (Phi) is 3.71. The molecular formula is C14H26O. The van der Waals surface area contributed by atoms with Crippen LogP contribution in [0.25, 0.3) is 0 Å². The summed E-state index contributed by atoms with van der Waals surface area (Å²) in [4.78, 5) is 0. The summed E-state index contributed by atoms with van der Waals surface area (Å²) < 4.78 is 0. The predicted octanol–water partition coefficient (Wildman–Crippen LogP) is 3.90. The smallest absolute Gasteiger partial charge is 0.0650 e. The summed E-state index contributed by atoms with van der Waals surface area (Å²) in [5, 5.41) is 10.5. The molecule has 0 unspecified atom stereocenters. The second-order valence-electron chi connectivity index (χ2n) is 5.93. The molecule has 2 aliphatic carbocycles. The van der Waals surface area contributed by atoms with E-state index >= 15 is 0 Å². The minimum atomic E-state index is -0.277. The van der Waals surface area contributed by atoms with E-state index < -0.39 is 0 Å². The lowest BCUT2D eigenvalue weighted by molar-refractivity contribution is -0.0290. The highest BCUT2D eigenvalue weighted by molar-refractivity contribution is 4.88. The third-order valence-electron chi connectivity index (χ3n) is 4.76. The molecule has 0 aliphatic heterocycles. The molecule has 88 valence electrons. The predicted molar refractivity (Wildman–Crippen MR) is 63.8 cm³/mol. The first-order chi connectivity index (χ1) is 7.22. The highest BCUT2D eigenvalue weighted by atomic mass is 16.3. The van der Waals surface area contributed by atoms with Crippen molar-refractivity contribution in [1.29, 1.82) is 0 Å². The molecule has 2 aliphatic rings. The fourth-order valence-electron chi connectivity index (χ4n) is 3.58. The molecule has 0 radical (unpaired) electrons. The van der Waals surface area contributed by atoms with Gasteiger partial charge in [0.15, 0.2) is 0 Å². The number of hydrogen-bond acceptors (Lipinski definition) is 1. The van der Waals surface area contributed by atoms with E-state index in [-0.39, 0.29) is 5.60 Å². The fourth-order valence-corrected chi connectivity index (χ4v) is 3.58. The zero-order valence-corrected chi connectivity index (χ0v) is 10.2. The highest BCUT2D eigenvalue weighted by Gasteiger charge is 2.35. The lowest BCUT2D eigenvalue weighted by Crippen LogP contribution is -2.35. The molecule has 0 saturated heterocycles. The monoisotopic (exact) mass is 210 g/mol. The molecule has 0 aromatic heterocycles. The Morgan fingerprint density at radius 2 is 1.60 bits per heavy atom. The number of hydrogen-bond donors (Lipinski definition) is 1. The van der Waals surface area contributed by atoms with E-state index in [2.05, 4.69) is 6.92 Å². The average Bonchev–Trinajstić information content (AvgIpc) is 2.71. The molecule has 1 heteroatoms. The van der Waals surface area contributed by atoms with Crippen LogP contribution in [0.3, 0.4) is 0 Å². The van der Waals surface area contributed by atoms with E-state index in [4.69, 9.17) is 0 Å². The molecule has 2 saturated carbocycles. The van der Waals surface area contributed by atoms with Gasteiger partial charge >= 0.3 is 0 Å². The summed E-state index contributed by atoms with van der Waals surface area (Å²) in [5.74, 6) is 1.74. The second kappa shape index (κ2) is 4.86. The quantitative estimate of drug-likeness (QED) is 0.749. The van der Waals surface area contributed by atoms with Crippen molar-refractivity contribution in [3.05, 3.63) is 0 Å². The van der Waals surface area contributed by atoms with Crippen LogP contribution in [0.15, 0.2) is 0 Å². The Labute approximate surface area is 94.3 Å². The van der Waals surface area contributed by atoms with Gasteiger partial charge in [0.25, 0.3) is 0 Å². The maximum Gasteiger partial charge on any atom is 0.0650 e. The fraction of sp³-hybridized carbons (Fsp3) is 1.00. The van der Waals surface area contributed by atoms with Gasteiger partial charge in [-0.1, -0.05) is 39.0 Å². The molecule has 0 atom stereocenters. The normalized spacial score (nSPS) is 38.4. The number of rotatable bonds is 3.